The largest absolute Gasteiger partial charge is 0.519 e. The van der Waals surface area contributed by atoms with Gasteiger partial charge in [0.1, 0.15) is 23.0 Å². The van der Waals surface area contributed by atoms with E-state index in [0.29, 0.717) is 17.2 Å². The van der Waals surface area contributed by atoms with Crippen molar-refractivity contribution in [1.82, 2.24) is 0 Å². The van der Waals surface area contributed by atoms with Gasteiger partial charge in [-0.15, -0.1) is 0 Å². The van der Waals surface area contributed by atoms with Gasteiger partial charge in [-0.3, -0.25) is 4.79 Å². The van der Waals surface area contributed by atoms with Crippen molar-refractivity contribution >= 4 is 40.8 Å². The van der Waals surface area contributed by atoms with Crippen molar-refractivity contribution in [2.24, 2.45) is 0 Å². The molecule has 0 heterocycles. The maximum absolute atomic E-state index is 13.2. The second kappa shape index (κ2) is 19.4. The first-order chi connectivity index (χ1) is 34.1. The number of hydrogen-bond acceptors (Lipinski definition) is 7. The lowest BCUT2D eigenvalue weighted by Crippen LogP contribution is -2.30. The molecule has 0 atom stereocenters. The first-order valence-electron chi connectivity index (χ1n) is 24.0. The van der Waals surface area contributed by atoms with Crippen molar-refractivity contribution in [3.63, 3.8) is 0 Å². The molecule has 0 aliphatic heterocycles. The molecule has 7 heteroatoms. The van der Waals surface area contributed by atoms with Gasteiger partial charge in [0.05, 0.1) is 7.11 Å². The number of para-hydroxylation sites is 1. The van der Waals surface area contributed by atoms with Gasteiger partial charge in [0.15, 0.2) is 0 Å². The van der Waals surface area contributed by atoms with Crippen LogP contribution in [0.3, 0.4) is 0 Å². The second-order valence-electron chi connectivity index (χ2n) is 18.7. The van der Waals surface area contributed by atoms with E-state index in [1.165, 1.54) is 41.2 Å². The second-order valence-corrected chi connectivity index (χ2v) is 18.7. The van der Waals surface area contributed by atoms with Crippen LogP contribution in [0.2, 0.25) is 0 Å². The molecule has 0 unspecified atom stereocenters. The van der Waals surface area contributed by atoms with Crippen LogP contribution < -0.4 is 23.8 Å². The van der Waals surface area contributed by atoms with E-state index in [-0.39, 0.29) is 16.8 Å². The molecular weight excluding hydrogens is 867 g/mol. The van der Waals surface area contributed by atoms with Crippen molar-refractivity contribution in [3.05, 3.63) is 233 Å². The summed E-state index contributed by atoms with van der Waals surface area (Å²) in [4.78, 5) is 27.0. The maximum Gasteiger partial charge on any atom is 0.519 e. The molecular formula is C63H55NO6. The molecule has 0 spiro atoms. The summed E-state index contributed by atoms with van der Waals surface area (Å²) in [5.74, 6) is 1.72. The van der Waals surface area contributed by atoms with Crippen molar-refractivity contribution < 1.29 is 28.5 Å². The standard InChI is InChI=1S/C63H55NO6/c1-43(65)68-53-34-23-47(24-35-53)63(39-11-6-12-40-63)48-25-36-55(37-26-48)70-61(66)69-54-32-21-46(22-33-54)58(45-19-30-52(67-4)31-20-45)41-44-17-27-50(28-18-44)64(49-13-7-5-8-14-49)51-29-38-57-56-15-9-10-16-59(56)62(2,3)60(57)42-51/h5,7-10,13-38,41-42H,6,11-12,39-40H2,1-4H3/b58-41+. The Morgan fingerprint density at radius 3 is 1.59 bits per heavy atom. The predicted octanol–water partition coefficient (Wildman–Crippen LogP) is 15.8. The molecule has 0 aromatic heterocycles. The van der Waals surface area contributed by atoms with Crippen molar-refractivity contribution in [3.8, 4) is 34.1 Å². The van der Waals surface area contributed by atoms with Gasteiger partial charge in [-0.05, 0) is 159 Å². The van der Waals surface area contributed by atoms with Crippen molar-refractivity contribution in [1.29, 1.82) is 0 Å². The molecule has 2 aliphatic rings. The number of benzene rings is 8. The third-order valence-electron chi connectivity index (χ3n) is 14.1. The minimum absolute atomic E-state index is 0.122. The van der Waals surface area contributed by atoms with Gasteiger partial charge in [0.25, 0.3) is 0 Å². The molecule has 0 amide bonds. The van der Waals surface area contributed by atoms with Crippen LogP contribution in [0.4, 0.5) is 21.9 Å². The summed E-state index contributed by atoms with van der Waals surface area (Å²) in [6.45, 7) is 6.04. The quantitative estimate of drug-likeness (QED) is 0.0523. The van der Waals surface area contributed by atoms with Gasteiger partial charge in [-0.25, -0.2) is 4.79 Å². The average molecular weight is 922 g/mol. The van der Waals surface area contributed by atoms with E-state index in [2.05, 4.69) is 128 Å². The number of esters is 1. The summed E-state index contributed by atoms with van der Waals surface area (Å²) >= 11 is 0. The number of fused-ring (bicyclic) bond motifs is 3. The smallest absolute Gasteiger partial charge is 0.497 e. The molecule has 8 aromatic rings. The molecule has 70 heavy (non-hydrogen) atoms. The van der Waals surface area contributed by atoms with Crippen LogP contribution in [-0.2, 0) is 15.6 Å². The zero-order chi connectivity index (χ0) is 48.2. The summed E-state index contributed by atoms with van der Waals surface area (Å²) in [5, 5.41) is 0. The zero-order valence-electron chi connectivity index (χ0n) is 40.0. The number of carbonyl (C=O) groups excluding carboxylic acids is 2. The molecule has 0 radical (unpaired) electrons. The molecule has 10 rings (SSSR count). The molecule has 1 saturated carbocycles. The lowest BCUT2D eigenvalue weighted by Gasteiger charge is -2.38. The van der Waals surface area contributed by atoms with E-state index in [1.807, 2.05) is 78.9 Å². The number of nitrogens with zero attached hydrogens (tertiary/aromatic N) is 1. The number of methoxy groups -OCH3 is 1. The van der Waals surface area contributed by atoms with Crippen LogP contribution in [0.1, 0.15) is 91.8 Å². The fraction of sp³-hybridized carbons (Fsp3) is 0.175. The highest BCUT2D eigenvalue weighted by atomic mass is 16.7. The summed E-state index contributed by atoms with van der Waals surface area (Å²) in [5.41, 5.74) is 14.5. The van der Waals surface area contributed by atoms with Crippen molar-refractivity contribution in [2.75, 3.05) is 12.0 Å². The first kappa shape index (κ1) is 45.6. The van der Waals surface area contributed by atoms with Crippen LogP contribution in [0.25, 0.3) is 22.8 Å². The Hall–Kier alpha value is -8.16. The fourth-order valence-electron chi connectivity index (χ4n) is 10.5. The number of rotatable bonds is 12. The van der Waals surface area contributed by atoms with Crippen LogP contribution in [0.5, 0.6) is 23.0 Å². The summed E-state index contributed by atoms with van der Waals surface area (Å²) < 4.78 is 22.2. The van der Waals surface area contributed by atoms with Gasteiger partial charge in [0.2, 0.25) is 0 Å². The molecule has 2 aliphatic carbocycles. The van der Waals surface area contributed by atoms with Gasteiger partial charge >= 0.3 is 12.1 Å². The Labute approximate surface area is 410 Å². The van der Waals surface area contributed by atoms with Gasteiger partial charge in [-0.1, -0.05) is 142 Å². The van der Waals surface area contributed by atoms with E-state index in [0.717, 1.165) is 76.3 Å². The van der Waals surface area contributed by atoms with Crippen molar-refractivity contribution in [2.45, 2.75) is 63.7 Å². The maximum atomic E-state index is 13.2. The van der Waals surface area contributed by atoms with Crippen LogP contribution in [0.15, 0.2) is 194 Å². The van der Waals surface area contributed by atoms with E-state index >= 15 is 0 Å². The Morgan fingerprint density at radius 2 is 1.00 bits per heavy atom. The summed E-state index contributed by atoms with van der Waals surface area (Å²) in [7, 11) is 1.66. The number of anilines is 3. The Kier molecular flexibility index (Phi) is 12.7. The van der Waals surface area contributed by atoms with Gasteiger partial charge in [-0.2, -0.15) is 0 Å². The monoisotopic (exact) mass is 921 g/mol. The molecule has 1 fully saturated rings. The highest BCUT2D eigenvalue weighted by Crippen LogP contribution is 2.51. The molecule has 348 valence electrons. The fourth-order valence-corrected chi connectivity index (χ4v) is 10.5. The topological polar surface area (TPSA) is 74.3 Å². The number of hydrogen-bond donors (Lipinski definition) is 0. The predicted molar refractivity (Wildman–Crippen MR) is 280 cm³/mol. The van der Waals surface area contributed by atoms with E-state index in [9.17, 15) is 9.59 Å². The van der Waals surface area contributed by atoms with Crippen LogP contribution in [-0.4, -0.2) is 19.2 Å². The average Bonchev–Trinajstić information content (AvgIpc) is 3.62. The van der Waals surface area contributed by atoms with E-state index < -0.39 is 6.16 Å². The van der Waals surface area contributed by atoms with Gasteiger partial charge < -0.3 is 23.8 Å². The third-order valence-corrected chi connectivity index (χ3v) is 14.1. The third kappa shape index (κ3) is 9.23. The van der Waals surface area contributed by atoms with Gasteiger partial charge in [0, 0.05) is 34.8 Å². The molecule has 8 aromatic carbocycles. The number of carbonyl (C=O) groups is 2. The Morgan fingerprint density at radius 1 is 0.500 bits per heavy atom. The van der Waals surface area contributed by atoms with Crippen LogP contribution >= 0.6 is 0 Å². The first-order valence-corrected chi connectivity index (χ1v) is 24.0. The Bertz CT molecular complexity index is 3170. The number of ether oxygens (including phenoxy) is 4. The summed E-state index contributed by atoms with van der Waals surface area (Å²) in [6.07, 6.45) is 6.77. The lowest BCUT2D eigenvalue weighted by atomic mass is 9.65. The highest BCUT2D eigenvalue weighted by Gasteiger charge is 2.37. The lowest BCUT2D eigenvalue weighted by molar-refractivity contribution is -0.131. The summed E-state index contributed by atoms with van der Waals surface area (Å²) in [6, 6.07) is 65.8. The Balaban J connectivity index is 0.877. The SMILES string of the molecule is COc1ccc(/C(=C\c2ccc(N(c3ccccc3)c3ccc4c(c3)C(C)(C)c3ccccc3-4)cc2)c2ccc(OC(=O)Oc3ccc(C4(c5ccc(OC(C)=O)cc5)CCCCC4)cc3)cc2)cc1. The molecule has 0 N–H and O–H groups in total. The van der Waals surface area contributed by atoms with E-state index in [1.54, 1.807) is 19.2 Å². The molecule has 0 saturated heterocycles. The molecule has 0 bridgehead atoms. The van der Waals surface area contributed by atoms with E-state index in [4.69, 9.17) is 18.9 Å². The minimum Gasteiger partial charge on any atom is -0.497 e. The van der Waals surface area contributed by atoms with Crippen LogP contribution in [0, 0.1) is 0 Å². The normalized spacial score (nSPS) is 14.4. The zero-order valence-corrected chi connectivity index (χ0v) is 40.0. The minimum atomic E-state index is -0.821. The highest BCUT2D eigenvalue weighted by molar-refractivity contribution is 5.92. The molecule has 7 nitrogen and oxygen atoms in total.